The van der Waals surface area contributed by atoms with Crippen LogP contribution in [0.5, 0.6) is 0 Å². The SMILES string of the molecule is O=CC1(N2C(=O)c3ccc(N4Cc5cnc(N6C[C@@H]7[C@@H](CO)[C@@H]7C6)nc5C4)cc3C2=O)CCC(=O)NC1. The van der Waals surface area contributed by atoms with Gasteiger partial charge in [-0.3, -0.25) is 19.3 Å². The van der Waals surface area contributed by atoms with Crippen molar-refractivity contribution in [2.45, 2.75) is 31.5 Å². The highest BCUT2D eigenvalue weighted by atomic mass is 16.3. The molecule has 3 amide bonds. The fourth-order valence-corrected chi connectivity index (χ4v) is 6.49. The fraction of sp³-hybridized carbons (Fsp3) is 0.462. The number of hydrogen-bond donors (Lipinski definition) is 2. The number of aromatic nitrogens is 2. The summed E-state index contributed by atoms with van der Waals surface area (Å²) in [5.74, 6) is 0.978. The van der Waals surface area contributed by atoms with Gasteiger partial charge in [0.25, 0.3) is 11.8 Å². The van der Waals surface area contributed by atoms with Gasteiger partial charge in [-0.05, 0) is 42.4 Å². The Hall–Kier alpha value is -3.86. The number of aldehydes is 1. The molecule has 0 radical (unpaired) electrons. The molecule has 2 aromatic rings. The van der Waals surface area contributed by atoms with Crippen molar-refractivity contribution in [3.05, 3.63) is 46.8 Å². The predicted octanol–water partition coefficient (Wildman–Crippen LogP) is 0.115. The summed E-state index contributed by atoms with van der Waals surface area (Å²) in [6, 6.07) is 5.16. The summed E-state index contributed by atoms with van der Waals surface area (Å²) in [4.78, 5) is 65.0. The summed E-state index contributed by atoms with van der Waals surface area (Å²) < 4.78 is 0. The Bertz CT molecular complexity index is 1360. The second-order valence-electron chi connectivity index (χ2n) is 10.8. The van der Waals surface area contributed by atoms with Gasteiger partial charge in [0.05, 0.1) is 23.4 Å². The number of anilines is 2. The number of aliphatic hydroxyl groups excluding tert-OH is 1. The monoisotopic (exact) mass is 502 g/mol. The van der Waals surface area contributed by atoms with Crippen molar-refractivity contribution >= 4 is 35.6 Å². The highest BCUT2D eigenvalue weighted by Gasteiger charge is 2.55. The third-order valence-electron chi connectivity index (χ3n) is 8.78. The van der Waals surface area contributed by atoms with Crippen LogP contribution in [0, 0.1) is 17.8 Å². The molecular formula is C26H26N6O5. The lowest BCUT2D eigenvalue weighted by atomic mass is 9.89. The third kappa shape index (κ3) is 3.23. The maximum absolute atomic E-state index is 13.4. The summed E-state index contributed by atoms with van der Waals surface area (Å²) in [5, 5.41) is 12.0. The van der Waals surface area contributed by atoms with Crippen LogP contribution in [0.3, 0.4) is 0 Å². The summed E-state index contributed by atoms with van der Waals surface area (Å²) in [7, 11) is 0. The van der Waals surface area contributed by atoms with E-state index in [-0.39, 0.29) is 43.0 Å². The zero-order chi connectivity index (χ0) is 25.5. The van der Waals surface area contributed by atoms with E-state index in [1.165, 1.54) is 0 Å². The van der Waals surface area contributed by atoms with Crippen LogP contribution in [0.1, 0.15) is 44.8 Å². The van der Waals surface area contributed by atoms with E-state index in [2.05, 4.69) is 20.1 Å². The second-order valence-corrected chi connectivity index (χ2v) is 10.8. The molecule has 3 fully saturated rings. The van der Waals surface area contributed by atoms with Gasteiger partial charge in [0.15, 0.2) is 0 Å². The number of nitrogens with zero attached hydrogens (tertiary/aromatic N) is 5. The molecule has 1 aromatic heterocycles. The van der Waals surface area contributed by atoms with Gasteiger partial charge in [-0.15, -0.1) is 0 Å². The number of carbonyl (C=O) groups excluding carboxylic acids is 4. The molecule has 4 atom stereocenters. The number of imide groups is 1. The molecule has 2 saturated heterocycles. The second kappa shape index (κ2) is 7.82. The van der Waals surface area contributed by atoms with Crippen molar-refractivity contribution in [3.63, 3.8) is 0 Å². The number of amides is 3. The van der Waals surface area contributed by atoms with Gasteiger partial charge in [0.2, 0.25) is 11.9 Å². The Morgan fingerprint density at radius 3 is 2.57 bits per heavy atom. The maximum Gasteiger partial charge on any atom is 0.262 e. The quantitative estimate of drug-likeness (QED) is 0.431. The smallest absolute Gasteiger partial charge is 0.262 e. The van der Waals surface area contributed by atoms with Crippen LogP contribution in [0.15, 0.2) is 24.4 Å². The Labute approximate surface area is 212 Å². The van der Waals surface area contributed by atoms with E-state index in [1.807, 2.05) is 12.3 Å². The van der Waals surface area contributed by atoms with Gasteiger partial charge in [-0.25, -0.2) is 9.97 Å². The molecule has 0 spiro atoms. The first kappa shape index (κ1) is 22.3. The molecule has 5 aliphatic rings. The van der Waals surface area contributed by atoms with Crippen LogP contribution >= 0.6 is 0 Å². The lowest BCUT2D eigenvalue weighted by molar-refractivity contribution is -0.127. The van der Waals surface area contributed by atoms with E-state index < -0.39 is 17.4 Å². The molecule has 1 unspecified atom stereocenters. The van der Waals surface area contributed by atoms with E-state index in [0.717, 1.165) is 34.9 Å². The van der Waals surface area contributed by atoms with Crippen molar-refractivity contribution in [2.75, 3.05) is 36.0 Å². The Kier molecular flexibility index (Phi) is 4.72. The molecule has 11 nitrogen and oxygen atoms in total. The van der Waals surface area contributed by atoms with E-state index in [1.54, 1.807) is 12.1 Å². The van der Waals surface area contributed by atoms with Gasteiger partial charge >= 0.3 is 0 Å². The van der Waals surface area contributed by atoms with Crippen molar-refractivity contribution in [1.29, 1.82) is 0 Å². The normalized spacial score (nSPS) is 29.8. The molecule has 37 heavy (non-hydrogen) atoms. The summed E-state index contributed by atoms with van der Waals surface area (Å²) in [6.07, 6.45) is 2.66. The van der Waals surface area contributed by atoms with Crippen molar-refractivity contribution in [2.24, 2.45) is 17.8 Å². The standard InChI is InChI=1S/C26H26N6O5/c33-11-20-18-8-31(9-19(18)20)25-27-6-14-7-30(10-21(14)29-25)15-1-2-16-17(5-15)24(37)32(23(16)36)26(13-34)4-3-22(35)28-12-26/h1-2,5-6,13,18-20,33H,3-4,7-12H2,(H,28,35)/t18-,19+,20+,26?. The van der Waals surface area contributed by atoms with Crippen LogP contribution in [0.2, 0.25) is 0 Å². The molecule has 5 heterocycles. The van der Waals surface area contributed by atoms with E-state index >= 15 is 0 Å². The molecule has 1 aliphatic carbocycles. The molecule has 2 N–H and O–H groups in total. The minimum absolute atomic E-state index is 0.0741. The predicted molar refractivity (Wildman–Crippen MR) is 130 cm³/mol. The van der Waals surface area contributed by atoms with E-state index in [4.69, 9.17) is 4.98 Å². The fourth-order valence-electron chi connectivity index (χ4n) is 6.49. The Morgan fingerprint density at radius 2 is 1.86 bits per heavy atom. The van der Waals surface area contributed by atoms with Gasteiger partial charge in [-0.2, -0.15) is 0 Å². The molecule has 1 aromatic carbocycles. The number of aliphatic hydroxyl groups is 1. The number of piperidine rings is 2. The van der Waals surface area contributed by atoms with Gasteiger partial charge in [0.1, 0.15) is 11.8 Å². The first-order valence-corrected chi connectivity index (χ1v) is 12.6. The average molecular weight is 503 g/mol. The van der Waals surface area contributed by atoms with Crippen LogP contribution in [-0.4, -0.2) is 75.8 Å². The lowest BCUT2D eigenvalue weighted by Crippen LogP contribution is -2.61. The Balaban J connectivity index is 1.10. The number of hydrogen-bond acceptors (Lipinski definition) is 9. The van der Waals surface area contributed by atoms with Crippen LogP contribution < -0.4 is 15.1 Å². The molecule has 1 saturated carbocycles. The lowest BCUT2D eigenvalue weighted by Gasteiger charge is -2.38. The third-order valence-corrected chi connectivity index (χ3v) is 8.78. The van der Waals surface area contributed by atoms with Crippen LogP contribution in [-0.2, 0) is 22.7 Å². The number of rotatable bonds is 5. The van der Waals surface area contributed by atoms with Crippen molar-refractivity contribution in [1.82, 2.24) is 20.2 Å². The highest BCUT2D eigenvalue weighted by molar-refractivity contribution is 6.23. The van der Waals surface area contributed by atoms with E-state index in [9.17, 15) is 24.3 Å². The average Bonchev–Trinajstić information content (AvgIpc) is 3.24. The number of fused-ring (bicyclic) bond motifs is 3. The summed E-state index contributed by atoms with van der Waals surface area (Å²) >= 11 is 0. The first-order valence-electron chi connectivity index (χ1n) is 12.6. The van der Waals surface area contributed by atoms with Crippen LogP contribution in [0.4, 0.5) is 11.6 Å². The minimum atomic E-state index is -1.37. The molecule has 11 heteroatoms. The molecule has 7 rings (SSSR count). The zero-order valence-electron chi connectivity index (χ0n) is 20.1. The van der Waals surface area contributed by atoms with E-state index in [0.29, 0.717) is 43.1 Å². The number of benzene rings is 1. The van der Waals surface area contributed by atoms with Crippen molar-refractivity contribution < 1.29 is 24.3 Å². The topological polar surface area (TPSA) is 136 Å². The Morgan fingerprint density at radius 1 is 1.08 bits per heavy atom. The highest BCUT2D eigenvalue weighted by Crippen LogP contribution is 2.51. The van der Waals surface area contributed by atoms with Gasteiger partial charge in [0, 0.05) is 56.7 Å². The summed E-state index contributed by atoms with van der Waals surface area (Å²) in [6.45, 7) is 3.07. The number of carbonyl (C=O) groups is 4. The van der Waals surface area contributed by atoms with Crippen LogP contribution in [0.25, 0.3) is 0 Å². The molecule has 0 bridgehead atoms. The largest absolute Gasteiger partial charge is 0.396 e. The van der Waals surface area contributed by atoms with Crippen molar-refractivity contribution in [3.8, 4) is 0 Å². The maximum atomic E-state index is 13.4. The molecule has 4 aliphatic heterocycles. The number of nitrogens with one attached hydrogen (secondary N) is 1. The summed E-state index contributed by atoms with van der Waals surface area (Å²) in [5.41, 5.74) is 1.89. The van der Waals surface area contributed by atoms with Gasteiger partial charge < -0.3 is 25.0 Å². The molecule has 190 valence electrons. The first-order chi connectivity index (χ1) is 17.9. The zero-order valence-corrected chi connectivity index (χ0v) is 20.1. The minimum Gasteiger partial charge on any atom is -0.396 e. The van der Waals surface area contributed by atoms with Gasteiger partial charge in [-0.1, -0.05) is 0 Å². The molecular weight excluding hydrogens is 476 g/mol.